The number of carbonyl (C=O) groups is 2. The monoisotopic (exact) mass is 390 g/mol. The van der Waals surface area contributed by atoms with Crippen molar-refractivity contribution in [1.82, 2.24) is 0 Å². The third kappa shape index (κ3) is 4.39. The Morgan fingerprint density at radius 2 is 2.11 bits per heavy atom. The predicted octanol–water partition coefficient (Wildman–Crippen LogP) is 3.00. The number of aliphatic hydroxyl groups excluding tert-OH is 1. The van der Waals surface area contributed by atoms with Crippen LogP contribution in [0.5, 0.6) is 0 Å². The Balaban J connectivity index is 1.85. The van der Waals surface area contributed by atoms with E-state index in [9.17, 15) is 14.7 Å². The minimum Gasteiger partial charge on any atom is -0.463 e. The highest BCUT2D eigenvalue weighted by Gasteiger charge is 2.59. The molecule has 0 spiro atoms. The number of hydrogen-bond donors (Lipinski definition) is 1. The average Bonchev–Trinajstić information content (AvgIpc) is 3.25. The van der Waals surface area contributed by atoms with Crippen LogP contribution in [0.25, 0.3) is 0 Å². The molecule has 2 saturated heterocycles. The number of fused-ring (bicyclic) bond motifs is 2. The van der Waals surface area contributed by atoms with Crippen molar-refractivity contribution in [3.8, 4) is 0 Å². The second-order valence-corrected chi connectivity index (χ2v) is 8.21. The molecule has 1 N–H and O–H groups in total. The number of rotatable bonds is 2. The van der Waals surface area contributed by atoms with Gasteiger partial charge in [-0.15, -0.1) is 0 Å². The summed E-state index contributed by atoms with van der Waals surface area (Å²) in [5.41, 5.74) is 1.90. The van der Waals surface area contributed by atoms with Gasteiger partial charge in [-0.1, -0.05) is 24.3 Å². The van der Waals surface area contributed by atoms with Crippen LogP contribution in [0.2, 0.25) is 0 Å². The Morgan fingerprint density at radius 3 is 2.82 bits per heavy atom. The molecule has 2 fully saturated rings. The van der Waals surface area contributed by atoms with Crippen molar-refractivity contribution in [2.75, 3.05) is 6.61 Å². The average molecular weight is 390 g/mol. The summed E-state index contributed by atoms with van der Waals surface area (Å²) >= 11 is 0. The van der Waals surface area contributed by atoms with Crippen molar-refractivity contribution in [3.63, 3.8) is 0 Å². The molecule has 0 aromatic rings. The van der Waals surface area contributed by atoms with Crippen molar-refractivity contribution >= 4 is 11.9 Å². The summed E-state index contributed by atoms with van der Waals surface area (Å²) in [7, 11) is 0. The highest BCUT2D eigenvalue weighted by molar-refractivity contribution is 5.91. The lowest BCUT2D eigenvalue weighted by molar-refractivity contribution is -0.143. The first-order chi connectivity index (χ1) is 13.2. The fraction of sp³-hybridized carbons (Fsp3) is 0.636. The smallest absolute Gasteiger partial charge is 0.334 e. The molecule has 0 aromatic carbocycles. The molecule has 0 amide bonds. The molecule has 28 heavy (non-hydrogen) atoms. The predicted molar refractivity (Wildman–Crippen MR) is 103 cm³/mol. The topological polar surface area (TPSA) is 85.4 Å². The van der Waals surface area contributed by atoms with Gasteiger partial charge in [0.15, 0.2) is 0 Å². The Labute approximate surface area is 166 Å². The maximum Gasteiger partial charge on any atom is 0.334 e. The van der Waals surface area contributed by atoms with Gasteiger partial charge in [0.25, 0.3) is 0 Å². The number of epoxide rings is 1. The minimum absolute atomic E-state index is 0.168. The molecule has 0 saturated carbocycles. The maximum absolute atomic E-state index is 12.1. The standard InChI is InChI=1S/C22H30O6/c1-13-7-5-9-14(2)19(24)20-17(15(3)21(25)27-20)11-18-22(28-18,10-6-8-13)12-26-16(4)23/h8-9,17-20,24H,3,5-7,10-12H2,1-2,4H3/b13-8+,14-9+/t17-,18-,19+,20+,22-/m1/s1. The molecule has 5 atom stereocenters. The van der Waals surface area contributed by atoms with Gasteiger partial charge in [0.1, 0.15) is 24.4 Å². The highest BCUT2D eigenvalue weighted by atomic mass is 16.6. The van der Waals surface area contributed by atoms with E-state index in [1.165, 1.54) is 12.5 Å². The van der Waals surface area contributed by atoms with Gasteiger partial charge in [0.2, 0.25) is 0 Å². The maximum atomic E-state index is 12.1. The third-order valence-electron chi connectivity index (χ3n) is 6.09. The Morgan fingerprint density at radius 1 is 1.36 bits per heavy atom. The fourth-order valence-electron chi connectivity index (χ4n) is 4.15. The summed E-state index contributed by atoms with van der Waals surface area (Å²) in [5, 5.41) is 10.8. The molecule has 0 radical (unpaired) electrons. The summed E-state index contributed by atoms with van der Waals surface area (Å²) in [6.07, 6.45) is 6.29. The van der Waals surface area contributed by atoms with Crippen LogP contribution in [0.1, 0.15) is 52.9 Å². The third-order valence-corrected chi connectivity index (χ3v) is 6.09. The first kappa shape index (κ1) is 20.8. The van der Waals surface area contributed by atoms with E-state index in [-0.39, 0.29) is 24.6 Å². The van der Waals surface area contributed by atoms with Crippen LogP contribution in [0.15, 0.2) is 35.5 Å². The van der Waals surface area contributed by atoms with E-state index in [1.807, 2.05) is 13.0 Å². The zero-order chi connectivity index (χ0) is 20.5. The molecule has 154 valence electrons. The minimum atomic E-state index is -0.873. The van der Waals surface area contributed by atoms with Crippen LogP contribution >= 0.6 is 0 Å². The van der Waals surface area contributed by atoms with E-state index >= 15 is 0 Å². The van der Waals surface area contributed by atoms with Gasteiger partial charge in [-0.2, -0.15) is 0 Å². The van der Waals surface area contributed by atoms with Gasteiger partial charge in [-0.3, -0.25) is 4.79 Å². The Hall–Kier alpha value is -1.92. The molecule has 0 bridgehead atoms. The van der Waals surface area contributed by atoms with Crippen molar-refractivity contribution in [3.05, 3.63) is 35.5 Å². The summed E-state index contributed by atoms with van der Waals surface area (Å²) in [5.74, 6) is -1.13. The van der Waals surface area contributed by atoms with Crippen LogP contribution in [-0.2, 0) is 23.8 Å². The molecule has 6 nitrogen and oxygen atoms in total. The van der Waals surface area contributed by atoms with E-state index in [0.29, 0.717) is 12.0 Å². The molecule has 2 heterocycles. The van der Waals surface area contributed by atoms with E-state index < -0.39 is 23.8 Å². The Kier molecular flexibility index (Phi) is 6.10. The molecular weight excluding hydrogens is 360 g/mol. The van der Waals surface area contributed by atoms with Crippen LogP contribution in [0.4, 0.5) is 0 Å². The van der Waals surface area contributed by atoms with Crippen molar-refractivity contribution < 1.29 is 28.9 Å². The summed E-state index contributed by atoms with van der Waals surface area (Å²) in [4.78, 5) is 23.4. The quantitative estimate of drug-likeness (QED) is 0.338. The van der Waals surface area contributed by atoms with E-state index in [0.717, 1.165) is 31.3 Å². The molecular formula is C22H30O6. The van der Waals surface area contributed by atoms with Gasteiger partial charge >= 0.3 is 11.9 Å². The lowest BCUT2D eigenvalue weighted by Crippen LogP contribution is -2.34. The summed E-state index contributed by atoms with van der Waals surface area (Å²) in [6.45, 7) is 9.42. The molecule has 3 rings (SSSR count). The normalized spacial score (nSPS) is 40.0. The number of hydrogen-bond acceptors (Lipinski definition) is 6. The number of ether oxygens (including phenoxy) is 3. The number of aliphatic hydroxyl groups is 1. The van der Waals surface area contributed by atoms with Crippen LogP contribution in [0, 0.1) is 5.92 Å². The molecule has 1 aliphatic carbocycles. The second kappa shape index (κ2) is 8.21. The molecule has 0 unspecified atom stereocenters. The first-order valence-electron chi connectivity index (χ1n) is 9.95. The lowest BCUT2D eigenvalue weighted by atomic mass is 9.84. The van der Waals surface area contributed by atoms with Gasteiger partial charge in [-0.25, -0.2) is 4.79 Å². The van der Waals surface area contributed by atoms with E-state index in [2.05, 4.69) is 19.6 Å². The molecule has 6 heteroatoms. The largest absolute Gasteiger partial charge is 0.463 e. The zero-order valence-electron chi connectivity index (χ0n) is 16.9. The van der Waals surface area contributed by atoms with Gasteiger partial charge in [-0.05, 0) is 51.5 Å². The highest BCUT2D eigenvalue weighted by Crippen LogP contribution is 2.48. The lowest BCUT2D eigenvalue weighted by Gasteiger charge is -2.24. The van der Waals surface area contributed by atoms with Gasteiger partial charge in [0.05, 0.1) is 6.10 Å². The van der Waals surface area contributed by atoms with E-state index in [1.54, 1.807) is 0 Å². The zero-order valence-corrected chi connectivity index (χ0v) is 16.9. The number of esters is 2. The summed E-state index contributed by atoms with van der Waals surface area (Å²) in [6, 6.07) is 0. The first-order valence-corrected chi connectivity index (χ1v) is 9.95. The SMILES string of the molecule is C=C1C(=O)O[C@H]2[C@@H]1C[C@H]1O[C@@]1(COC(C)=O)CC/C=C(\C)CC/C=C(\C)[C@@H]2O. The van der Waals surface area contributed by atoms with Crippen LogP contribution in [0.3, 0.4) is 0 Å². The van der Waals surface area contributed by atoms with Crippen molar-refractivity contribution in [2.24, 2.45) is 5.92 Å². The number of carbonyl (C=O) groups excluding carboxylic acids is 2. The van der Waals surface area contributed by atoms with Gasteiger partial charge < -0.3 is 19.3 Å². The van der Waals surface area contributed by atoms with Gasteiger partial charge in [0, 0.05) is 18.4 Å². The molecule has 0 aromatic heterocycles. The van der Waals surface area contributed by atoms with Crippen molar-refractivity contribution in [2.45, 2.75) is 76.8 Å². The second-order valence-electron chi connectivity index (χ2n) is 8.21. The Bertz CT molecular complexity index is 721. The molecule has 2 aliphatic heterocycles. The van der Waals surface area contributed by atoms with Crippen LogP contribution in [-0.4, -0.2) is 47.6 Å². The number of allylic oxidation sites excluding steroid dienone is 3. The fourth-order valence-corrected chi connectivity index (χ4v) is 4.15. The van der Waals surface area contributed by atoms with Crippen LogP contribution < -0.4 is 0 Å². The summed E-state index contributed by atoms with van der Waals surface area (Å²) < 4.78 is 16.7. The van der Waals surface area contributed by atoms with Crippen molar-refractivity contribution in [1.29, 1.82) is 0 Å². The van der Waals surface area contributed by atoms with E-state index in [4.69, 9.17) is 14.2 Å². The molecule has 3 aliphatic rings.